The van der Waals surface area contributed by atoms with Crippen molar-refractivity contribution < 1.29 is 58.3 Å². The Balaban J connectivity index is 1.24. The average molecular weight is 798 g/mol. The number of methoxy groups -OCH3 is 2. The fourth-order valence-corrected chi connectivity index (χ4v) is 13.8. The van der Waals surface area contributed by atoms with Gasteiger partial charge in [-0.2, -0.15) is 0 Å². The van der Waals surface area contributed by atoms with Crippen LogP contribution in [0.1, 0.15) is 99.3 Å². The Hall–Kier alpha value is -3.42. The number of rotatable bonds is 7. The largest absolute Gasteiger partial charge is 0.469 e. The first-order valence-corrected chi connectivity index (χ1v) is 20.9. The number of aliphatic hydroxyl groups excluding tert-OH is 3. The number of allylic oxidation sites excluding steroid dienone is 2. The van der Waals surface area contributed by atoms with E-state index in [1.54, 1.807) is 13.8 Å². The number of Topliss-reactive ketones (excluding diaryl/α,β-unsaturated/α-hetero) is 2. The van der Waals surface area contributed by atoms with Gasteiger partial charge in [-0.15, -0.1) is 0 Å². The van der Waals surface area contributed by atoms with Crippen molar-refractivity contribution in [3.63, 3.8) is 0 Å². The summed E-state index contributed by atoms with van der Waals surface area (Å²) < 4.78 is 16.7. The van der Waals surface area contributed by atoms with Crippen LogP contribution in [0, 0.1) is 69.0 Å². The first kappa shape index (κ1) is 43.2. The summed E-state index contributed by atoms with van der Waals surface area (Å²) in [5.41, 5.74) is -2.42. The fourth-order valence-electron chi connectivity index (χ4n) is 13.8. The zero-order valence-corrected chi connectivity index (χ0v) is 34.8. The lowest BCUT2D eigenvalue weighted by Crippen LogP contribution is -2.68. The van der Waals surface area contributed by atoms with Crippen molar-refractivity contribution in [3.05, 3.63) is 23.3 Å². The lowest BCUT2D eigenvalue weighted by molar-refractivity contribution is -0.214. The topological polar surface area (TPSA) is 203 Å². The number of carbonyl (C=O) groups is 6. The van der Waals surface area contributed by atoms with Gasteiger partial charge in [-0.25, -0.2) is 4.79 Å². The summed E-state index contributed by atoms with van der Waals surface area (Å²) in [6.07, 6.45) is 4.08. The third-order valence-corrected chi connectivity index (χ3v) is 16.5. The van der Waals surface area contributed by atoms with Gasteiger partial charge in [-0.1, -0.05) is 45.3 Å². The molecule has 0 aromatic heterocycles. The van der Waals surface area contributed by atoms with Crippen LogP contribution in [0.2, 0.25) is 0 Å². The van der Waals surface area contributed by atoms with Crippen LogP contribution in [0.3, 0.4) is 0 Å². The molecule has 6 rings (SSSR count). The van der Waals surface area contributed by atoms with Crippen LogP contribution in [0.4, 0.5) is 0 Å². The third kappa shape index (κ3) is 6.62. The molecular formula is C44H63NO12. The van der Waals surface area contributed by atoms with Crippen molar-refractivity contribution in [1.82, 2.24) is 5.32 Å². The van der Waals surface area contributed by atoms with Crippen LogP contribution in [-0.4, -0.2) is 96.4 Å². The minimum Gasteiger partial charge on any atom is -0.469 e. The number of ketones is 2. The van der Waals surface area contributed by atoms with Gasteiger partial charge in [0.2, 0.25) is 5.91 Å². The SMILES string of the molecule is COC(=O)C1(C)CCCC2(C)C3CCC(=CC(=O)OC4CCC5(C)C6CCC(=CC(=O)NCCO)C(C)C6C(O)C(=O)C5C4(C)C(=O)OC)C(C)C3C(O)C(=O)C12. The third-order valence-electron chi connectivity index (χ3n) is 16.5. The molecule has 13 heteroatoms. The van der Waals surface area contributed by atoms with Crippen LogP contribution in [0.5, 0.6) is 0 Å². The average Bonchev–Trinajstić information content (AvgIpc) is 3.17. The zero-order valence-electron chi connectivity index (χ0n) is 34.8. The number of fused-ring (bicyclic) bond motifs is 6. The number of esters is 3. The van der Waals surface area contributed by atoms with E-state index in [2.05, 4.69) is 12.2 Å². The minimum atomic E-state index is -1.62. The summed E-state index contributed by atoms with van der Waals surface area (Å²) in [6.45, 7) is 11.2. The Labute approximate surface area is 335 Å². The van der Waals surface area contributed by atoms with E-state index < -0.39 is 87.3 Å². The van der Waals surface area contributed by atoms with Crippen LogP contribution >= 0.6 is 0 Å². The maximum Gasteiger partial charge on any atom is 0.331 e. The Morgan fingerprint density at radius 1 is 0.754 bits per heavy atom. The minimum absolute atomic E-state index is 0.0775. The summed E-state index contributed by atoms with van der Waals surface area (Å²) >= 11 is 0. The Kier molecular flexibility index (Phi) is 11.8. The first-order valence-electron chi connectivity index (χ1n) is 20.9. The van der Waals surface area contributed by atoms with Crippen molar-refractivity contribution in [2.75, 3.05) is 27.4 Å². The first-order chi connectivity index (χ1) is 26.8. The molecular weight excluding hydrogens is 734 g/mol. The van der Waals surface area contributed by atoms with Crippen LogP contribution in [0.25, 0.3) is 0 Å². The van der Waals surface area contributed by atoms with Crippen molar-refractivity contribution in [1.29, 1.82) is 0 Å². The van der Waals surface area contributed by atoms with Gasteiger partial charge in [-0.05, 0) is 99.7 Å². The predicted molar refractivity (Wildman–Crippen MR) is 205 cm³/mol. The van der Waals surface area contributed by atoms with Gasteiger partial charge in [0.1, 0.15) is 23.7 Å². The molecule has 1 amide bonds. The van der Waals surface area contributed by atoms with E-state index in [0.717, 1.165) is 24.0 Å². The molecule has 4 N–H and O–H groups in total. The highest BCUT2D eigenvalue weighted by atomic mass is 16.6. The molecule has 0 heterocycles. The molecule has 57 heavy (non-hydrogen) atoms. The predicted octanol–water partition coefficient (Wildman–Crippen LogP) is 3.65. The zero-order chi connectivity index (χ0) is 42.0. The summed E-state index contributed by atoms with van der Waals surface area (Å²) in [5, 5.41) is 35.1. The van der Waals surface area contributed by atoms with Crippen molar-refractivity contribution in [3.8, 4) is 0 Å². The summed E-state index contributed by atoms with van der Waals surface area (Å²) in [7, 11) is 2.56. The molecule has 13 nitrogen and oxygen atoms in total. The number of nitrogens with one attached hydrogen (secondary N) is 1. The molecule has 0 aliphatic heterocycles. The van der Waals surface area contributed by atoms with Crippen LogP contribution in [0.15, 0.2) is 23.3 Å². The van der Waals surface area contributed by atoms with E-state index in [-0.39, 0.29) is 54.9 Å². The van der Waals surface area contributed by atoms with Gasteiger partial charge < -0.3 is 34.8 Å². The molecule has 6 aliphatic rings. The molecule has 0 radical (unpaired) electrons. The molecule has 0 saturated heterocycles. The van der Waals surface area contributed by atoms with Crippen LogP contribution < -0.4 is 5.32 Å². The number of aliphatic hydroxyl groups is 3. The monoisotopic (exact) mass is 797 g/mol. The van der Waals surface area contributed by atoms with Gasteiger partial charge in [0.15, 0.2) is 11.6 Å². The normalized spacial score (nSPS) is 45.5. The van der Waals surface area contributed by atoms with Gasteiger partial charge in [0.25, 0.3) is 0 Å². The second kappa shape index (κ2) is 15.6. The summed E-state index contributed by atoms with van der Waals surface area (Å²) in [6, 6.07) is 0. The molecule has 15 atom stereocenters. The highest BCUT2D eigenvalue weighted by Crippen LogP contribution is 2.66. The van der Waals surface area contributed by atoms with Gasteiger partial charge in [0, 0.05) is 42.4 Å². The molecule has 316 valence electrons. The lowest BCUT2D eigenvalue weighted by Gasteiger charge is -2.62. The van der Waals surface area contributed by atoms with Crippen LogP contribution in [-0.2, 0) is 43.0 Å². The van der Waals surface area contributed by atoms with E-state index in [9.17, 15) is 39.0 Å². The van der Waals surface area contributed by atoms with E-state index >= 15 is 0 Å². The Morgan fingerprint density at radius 2 is 1.28 bits per heavy atom. The van der Waals surface area contributed by atoms with Crippen molar-refractivity contribution in [2.24, 2.45) is 69.0 Å². The molecule has 0 spiro atoms. The number of hydrogen-bond donors (Lipinski definition) is 4. The maximum atomic E-state index is 14.5. The van der Waals surface area contributed by atoms with E-state index in [1.165, 1.54) is 26.4 Å². The molecule has 15 unspecified atom stereocenters. The van der Waals surface area contributed by atoms with E-state index in [4.69, 9.17) is 19.3 Å². The standard InChI is InChI=1S/C44H63NO12/c1-22-24(20-29(47)45-18-19-46)10-12-27-31(22)34(50)36(52)38-42(27,4)17-14-28(44(38,6)40(54)56-8)57-30(48)21-25-11-13-26-32(23(25)2)33(49)35(51)37-41(26,3)15-9-16-43(37,5)39(53)55-7/h20-23,26-28,31-34,37-38,46,49-50H,9-19H2,1-8H3,(H,45,47). The molecule has 0 bridgehead atoms. The molecule has 6 aliphatic carbocycles. The fraction of sp³-hybridized carbons (Fsp3) is 0.773. The van der Waals surface area contributed by atoms with E-state index in [0.29, 0.717) is 38.5 Å². The van der Waals surface area contributed by atoms with Gasteiger partial charge in [-0.3, -0.25) is 24.0 Å². The second-order valence-corrected chi connectivity index (χ2v) is 19.0. The number of ether oxygens (including phenoxy) is 3. The quantitative estimate of drug-likeness (QED) is 0.166. The number of amides is 1. The lowest BCUT2D eigenvalue weighted by atomic mass is 9.41. The van der Waals surface area contributed by atoms with Crippen molar-refractivity contribution in [2.45, 2.75) is 118 Å². The molecule has 0 aromatic rings. The Morgan fingerprint density at radius 3 is 1.82 bits per heavy atom. The van der Waals surface area contributed by atoms with Gasteiger partial charge in [0.05, 0.1) is 26.2 Å². The summed E-state index contributed by atoms with van der Waals surface area (Å²) in [5.74, 6) is -6.64. The van der Waals surface area contributed by atoms with Crippen molar-refractivity contribution >= 4 is 35.4 Å². The Bertz CT molecular complexity index is 1740. The van der Waals surface area contributed by atoms with Gasteiger partial charge >= 0.3 is 17.9 Å². The number of carbonyl (C=O) groups excluding carboxylic acids is 6. The maximum absolute atomic E-state index is 14.5. The highest BCUT2D eigenvalue weighted by Gasteiger charge is 2.70. The molecule has 6 fully saturated rings. The summed E-state index contributed by atoms with van der Waals surface area (Å²) in [4.78, 5) is 82.0. The molecule has 6 saturated carbocycles. The smallest absolute Gasteiger partial charge is 0.331 e. The second-order valence-electron chi connectivity index (χ2n) is 19.0. The van der Waals surface area contributed by atoms with E-state index in [1.807, 2.05) is 20.8 Å². The number of hydrogen-bond acceptors (Lipinski definition) is 12. The highest BCUT2D eigenvalue weighted by molar-refractivity contribution is 5.95. The molecule has 0 aromatic carbocycles.